The zero-order chi connectivity index (χ0) is 13.9. The van der Waals surface area contributed by atoms with E-state index in [2.05, 4.69) is 0 Å². The molecule has 2 nitrogen and oxygen atoms in total. The Bertz CT molecular complexity index is 413. The van der Waals surface area contributed by atoms with Crippen LogP contribution in [0.3, 0.4) is 0 Å². The Morgan fingerprint density at radius 2 is 1.89 bits per heavy atom. The van der Waals surface area contributed by atoms with E-state index in [4.69, 9.17) is 4.74 Å². The molecule has 1 aromatic carbocycles. The Labute approximate surface area is 104 Å². The van der Waals surface area contributed by atoms with Gasteiger partial charge >= 0.3 is 6.18 Å². The minimum atomic E-state index is -4.26. The van der Waals surface area contributed by atoms with Gasteiger partial charge in [-0.15, -0.1) is 0 Å². The standard InChI is InChI=1S/C13H17F3O2/c1-8-4-5-10(12(18-3)9(8)2)11(17)6-7-13(14,15)16/h4-5,11,17H,6-7H2,1-3H3. The number of alkyl halides is 3. The summed E-state index contributed by atoms with van der Waals surface area (Å²) in [5, 5.41) is 9.83. The van der Waals surface area contributed by atoms with E-state index in [-0.39, 0.29) is 6.42 Å². The van der Waals surface area contributed by atoms with Crippen molar-refractivity contribution < 1.29 is 23.0 Å². The molecular weight excluding hydrogens is 245 g/mol. The van der Waals surface area contributed by atoms with E-state index in [0.29, 0.717) is 11.3 Å². The number of hydrogen-bond donors (Lipinski definition) is 1. The zero-order valence-corrected chi connectivity index (χ0v) is 10.6. The van der Waals surface area contributed by atoms with E-state index in [0.717, 1.165) is 11.1 Å². The van der Waals surface area contributed by atoms with E-state index < -0.39 is 18.7 Å². The second-order valence-corrected chi connectivity index (χ2v) is 4.30. The second-order valence-electron chi connectivity index (χ2n) is 4.30. The molecular formula is C13H17F3O2. The Hall–Kier alpha value is -1.23. The second kappa shape index (κ2) is 5.61. The van der Waals surface area contributed by atoms with Gasteiger partial charge in [-0.3, -0.25) is 0 Å². The number of hydrogen-bond acceptors (Lipinski definition) is 2. The van der Waals surface area contributed by atoms with Crippen molar-refractivity contribution >= 4 is 0 Å². The summed E-state index contributed by atoms with van der Waals surface area (Å²) in [5.41, 5.74) is 2.21. The van der Waals surface area contributed by atoms with Crippen LogP contribution < -0.4 is 4.74 Å². The molecule has 0 aliphatic rings. The maximum Gasteiger partial charge on any atom is 0.389 e. The Kier molecular flexibility index (Phi) is 4.62. The summed E-state index contributed by atoms with van der Waals surface area (Å²) in [6, 6.07) is 3.38. The molecule has 0 aliphatic heterocycles. The van der Waals surface area contributed by atoms with Crippen LogP contribution >= 0.6 is 0 Å². The third-order valence-electron chi connectivity index (χ3n) is 2.97. The smallest absolute Gasteiger partial charge is 0.389 e. The largest absolute Gasteiger partial charge is 0.496 e. The van der Waals surface area contributed by atoms with Gasteiger partial charge in [0.15, 0.2) is 0 Å². The monoisotopic (exact) mass is 262 g/mol. The third-order valence-corrected chi connectivity index (χ3v) is 2.97. The lowest BCUT2D eigenvalue weighted by molar-refractivity contribution is -0.140. The molecule has 0 bridgehead atoms. The molecule has 1 N–H and O–H groups in total. The van der Waals surface area contributed by atoms with Gasteiger partial charge in [-0.25, -0.2) is 0 Å². The molecule has 102 valence electrons. The fourth-order valence-electron chi connectivity index (χ4n) is 1.80. The first-order chi connectivity index (χ1) is 8.26. The van der Waals surface area contributed by atoms with E-state index >= 15 is 0 Å². The quantitative estimate of drug-likeness (QED) is 0.896. The predicted octanol–water partition coefficient (Wildman–Crippen LogP) is 3.69. The van der Waals surface area contributed by atoms with Gasteiger partial charge in [0.1, 0.15) is 5.75 Å². The topological polar surface area (TPSA) is 29.5 Å². The van der Waals surface area contributed by atoms with Crippen molar-refractivity contribution in [2.45, 2.75) is 39.0 Å². The molecule has 0 spiro atoms. The molecule has 0 amide bonds. The lowest BCUT2D eigenvalue weighted by Gasteiger charge is -2.18. The van der Waals surface area contributed by atoms with Gasteiger partial charge in [0, 0.05) is 12.0 Å². The van der Waals surface area contributed by atoms with Gasteiger partial charge in [0.25, 0.3) is 0 Å². The molecule has 1 aromatic rings. The van der Waals surface area contributed by atoms with Crippen LogP contribution in [0.15, 0.2) is 12.1 Å². The summed E-state index contributed by atoms with van der Waals surface area (Å²) in [6.45, 7) is 3.69. The molecule has 5 heteroatoms. The molecule has 0 radical (unpaired) electrons. The molecule has 18 heavy (non-hydrogen) atoms. The highest BCUT2D eigenvalue weighted by Crippen LogP contribution is 2.34. The lowest BCUT2D eigenvalue weighted by Crippen LogP contribution is -2.11. The van der Waals surface area contributed by atoms with Crippen molar-refractivity contribution in [2.75, 3.05) is 7.11 Å². The predicted molar refractivity (Wildman–Crippen MR) is 62.7 cm³/mol. The summed E-state index contributed by atoms with van der Waals surface area (Å²) in [5.74, 6) is 0.463. The number of ether oxygens (including phenoxy) is 1. The molecule has 1 atom stereocenters. The number of rotatable bonds is 4. The van der Waals surface area contributed by atoms with Crippen LogP contribution in [0.4, 0.5) is 13.2 Å². The Morgan fingerprint density at radius 3 is 2.39 bits per heavy atom. The van der Waals surface area contributed by atoms with Gasteiger partial charge in [0.05, 0.1) is 13.2 Å². The first-order valence-corrected chi connectivity index (χ1v) is 5.65. The molecule has 1 rings (SSSR count). The number of aliphatic hydroxyl groups is 1. The van der Waals surface area contributed by atoms with Gasteiger partial charge in [0.2, 0.25) is 0 Å². The number of halogens is 3. The van der Waals surface area contributed by atoms with Gasteiger partial charge < -0.3 is 9.84 Å². The van der Waals surface area contributed by atoms with Crippen LogP contribution in [-0.2, 0) is 0 Å². The minimum absolute atomic E-state index is 0.359. The van der Waals surface area contributed by atoms with Crippen LogP contribution in [0.1, 0.15) is 35.6 Å². The summed E-state index contributed by atoms with van der Waals surface area (Å²) >= 11 is 0. The van der Waals surface area contributed by atoms with Crippen molar-refractivity contribution in [3.63, 3.8) is 0 Å². The highest BCUT2D eigenvalue weighted by molar-refractivity contribution is 5.46. The SMILES string of the molecule is COc1c(C(O)CCC(F)(F)F)ccc(C)c1C. The number of aryl methyl sites for hydroxylation is 1. The van der Waals surface area contributed by atoms with Crippen molar-refractivity contribution in [2.24, 2.45) is 0 Å². The lowest BCUT2D eigenvalue weighted by atomic mass is 9.98. The minimum Gasteiger partial charge on any atom is -0.496 e. The van der Waals surface area contributed by atoms with E-state index in [1.807, 2.05) is 13.8 Å². The van der Waals surface area contributed by atoms with Crippen LogP contribution in [-0.4, -0.2) is 18.4 Å². The summed E-state index contributed by atoms with van der Waals surface area (Å²) in [4.78, 5) is 0. The summed E-state index contributed by atoms with van der Waals surface area (Å²) in [6.07, 6.45) is -6.79. The Balaban J connectivity index is 2.92. The summed E-state index contributed by atoms with van der Waals surface area (Å²) < 4.78 is 41.5. The fourth-order valence-corrected chi connectivity index (χ4v) is 1.80. The maximum absolute atomic E-state index is 12.1. The molecule has 0 aliphatic carbocycles. The number of aliphatic hydroxyl groups excluding tert-OH is 1. The van der Waals surface area contributed by atoms with Crippen molar-refractivity contribution in [3.8, 4) is 5.75 Å². The fraction of sp³-hybridized carbons (Fsp3) is 0.538. The normalized spacial score (nSPS) is 13.5. The highest BCUT2D eigenvalue weighted by atomic mass is 19.4. The van der Waals surface area contributed by atoms with Crippen molar-refractivity contribution in [1.29, 1.82) is 0 Å². The summed E-state index contributed by atoms with van der Waals surface area (Å²) in [7, 11) is 1.45. The maximum atomic E-state index is 12.1. The molecule has 0 heterocycles. The number of methoxy groups -OCH3 is 1. The molecule has 0 saturated heterocycles. The van der Waals surface area contributed by atoms with E-state index in [1.54, 1.807) is 12.1 Å². The average Bonchev–Trinajstić information content (AvgIpc) is 2.28. The van der Waals surface area contributed by atoms with Gasteiger partial charge in [-0.05, 0) is 31.4 Å². The molecule has 0 saturated carbocycles. The zero-order valence-electron chi connectivity index (χ0n) is 10.6. The Morgan fingerprint density at radius 1 is 1.28 bits per heavy atom. The highest BCUT2D eigenvalue weighted by Gasteiger charge is 2.29. The number of benzene rings is 1. The first kappa shape index (κ1) is 14.8. The van der Waals surface area contributed by atoms with Crippen LogP contribution in [0.5, 0.6) is 5.75 Å². The van der Waals surface area contributed by atoms with E-state index in [1.165, 1.54) is 7.11 Å². The first-order valence-electron chi connectivity index (χ1n) is 5.65. The van der Waals surface area contributed by atoms with Gasteiger partial charge in [-0.2, -0.15) is 13.2 Å². The molecule has 0 fully saturated rings. The van der Waals surface area contributed by atoms with Crippen LogP contribution in [0, 0.1) is 13.8 Å². The molecule has 1 unspecified atom stereocenters. The van der Waals surface area contributed by atoms with Crippen LogP contribution in [0.25, 0.3) is 0 Å². The van der Waals surface area contributed by atoms with E-state index in [9.17, 15) is 18.3 Å². The average molecular weight is 262 g/mol. The van der Waals surface area contributed by atoms with Crippen molar-refractivity contribution in [3.05, 3.63) is 28.8 Å². The van der Waals surface area contributed by atoms with Crippen LogP contribution in [0.2, 0.25) is 0 Å². The van der Waals surface area contributed by atoms with Crippen molar-refractivity contribution in [1.82, 2.24) is 0 Å². The van der Waals surface area contributed by atoms with Gasteiger partial charge in [-0.1, -0.05) is 12.1 Å². The third kappa shape index (κ3) is 3.63. The molecule has 0 aromatic heterocycles.